The molecule has 1 amide bonds. The third kappa shape index (κ3) is 5.24. The van der Waals surface area contributed by atoms with E-state index in [0.717, 1.165) is 18.4 Å². The van der Waals surface area contributed by atoms with E-state index in [1.54, 1.807) is 4.72 Å². The summed E-state index contributed by atoms with van der Waals surface area (Å²) >= 11 is 11.8. The SMILES string of the molecule is CS(=O)(=O)Nc1ccc(S(=O)(=O)NC=O)cc1Oc1ccc(Cl)cc1Cl. The third-order valence-corrected chi connectivity index (χ3v) is 5.28. The number of nitrogens with one attached hydrogen (secondary N) is 2. The summed E-state index contributed by atoms with van der Waals surface area (Å²) in [5.74, 6) is -0.0288. The molecule has 0 aliphatic rings. The molecule has 0 fully saturated rings. The molecule has 2 aromatic rings. The van der Waals surface area contributed by atoms with Gasteiger partial charge in [-0.25, -0.2) is 16.8 Å². The van der Waals surface area contributed by atoms with Crippen molar-refractivity contribution < 1.29 is 26.4 Å². The largest absolute Gasteiger partial charge is 0.454 e. The number of ether oxygens (including phenoxy) is 1. The lowest BCUT2D eigenvalue weighted by molar-refractivity contribution is -0.108. The summed E-state index contributed by atoms with van der Waals surface area (Å²) in [6, 6.07) is 7.65. The van der Waals surface area contributed by atoms with E-state index in [1.807, 2.05) is 0 Å². The Bertz CT molecular complexity index is 1060. The number of hydrogen-bond donors (Lipinski definition) is 2. The van der Waals surface area contributed by atoms with E-state index in [2.05, 4.69) is 4.72 Å². The maximum atomic E-state index is 12.0. The van der Waals surface area contributed by atoms with Crippen molar-refractivity contribution in [2.45, 2.75) is 4.90 Å². The van der Waals surface area contributed by atoms with Gasteiger partial charge in [0.25, 0.3) is 10.0 Å². The minimum Gasteiger partial charge on any atom is -0.454 e. The molecule has 0 unspecified atom stereocenters. The van der Waals surface area contributed by atoms with Gasteiger partial charge < -0.3 is 4.74 Å². The van der Waals surface area contributed by atoms with Crippen LogP contribution in [0.15, 0.2) is 41.3 Å². The average molecular weight is 439 g/mol. The second kappa shape index (κ2) is 7.70. The summed E-state index contributed by atoms with van der Waals surface area (Å²) in [6.45, 7) is 0. The molecule has 2 aromatic carbocycles. The third-order valence-electron chi connectivity index (χ3n) is 2.88. The van der Waals surface area contributed by atoms with Gasteiger partial charge >= 0.3 is 0 Å². The van der Waals surface area contributed by atoms with E-state index in [9.17, 15) is 21.6 Å². The van der Waals surface area contributed by atoms with Crippen LogP contribution in [0.1, 0.15) is 0 Å². The molecule has 2 N–H and O–H groups in total. The van der Waals surface area contributed by atoms with Crippen molar-refractivity contribution in [1.82, 2.24) is 4.72 Å². The van der Waals surface area contributed by atoms with E-state index in [1.165, 1.54) is 24.3 Å². The molecule has 0 saturated heterocycles. The van der Waals surface area contributed by atoms with Gasteiger partial charge in [-0.2, -0.15) is 0 Å². The van der Waals surface area contributed by atoms with Gasteiger partial charge in [-0.1, -0.05) is 23.2 Å². The van der Waals surface area contributed by atoms with Gasteiger partial charge in [0, 0.05) is 11.1 Å². The lowest BCUT2D eigenvalue weighted by Crippen LogP contribution is -2.22. The zero-order chi connectivity index (χ0) is 19.5. The molecular formula is C14H12Cl2N2O6S2. The first-order chi connectivity index (χ1) is 12.0. The number of anilines is 1. The number of carbonyl (C=O) groups is 1. The smallest absolute Gasteiger partial charge is 0.263 e. The van der Waals surface area contributed by atoms with Crippen molar-refractivity contribution in [2.75, 3.05) is 11.0 Å². The number of sulfonamides is 2. The molecule has 0 heterocycles. The highest BCUT2D eigenvalue weighted by Crippen LogP contribution is 2.36. The zero-order valence-corrected chi connectivity index (χ0v) is 16.2. The van der Waals surface area contributed by atoms with Crippen LogP contribution in [-0.2, 0) is 24.8 Å². The van der Waals surface area contributed by atoms with Crippen LogP contribution in [0.4, 0.5) is 5.69 Å². The highest BCUT2D eigenvalue weighted by molar-refractivity contribution is 7.92. The van der Waals surface area contributed by atoms with E-state index in [4.69, 9.17) is 27.9 Å². The quantitative estimate of drug-likeness (QED) is 0.641. The average Bonchev–Trinajstić information content (AvgIpc) is 2.50. The van der Waals surface area contributed by atoms with Crippen LogP contribution in [-0.4, -0.2) is 29.5 Å². The Hall–Kier alpha value is -2.01. The fraction of sp³-hybridized carbons (Fsp3) is 0.0714. The fourth-order valence-electron chi connectivity index (χ4n) is 1.85. The van der Waals surface area contributed by atoms with Gasteiger partial charge in [0.05, 0.1) is 21.9 Å². The first-order valence-electron chi connectivity index (χ1n) is 6.72. The predicted molar refractivity (Wildman–Crippen MR) is 97.8 cm³/mol. The summed E-state index contributed by atoms with van der Waals surface area (Å²) < 4.78 is 56.4. The van der Waals surface area contributed by atoms with Crippen LogP contribution in [0, 0.1) is 0 Å². The lowest BCUT2D eigenvalue weighted by atomic mass is 10.3. The molecule has 0 atom stereocenters. The molecule has 0 saturated carbocycles. The molecule has 0 aromatic heterocycles. The molecule has 2 rings (SSSR count). The van der Waals surface area contributed by atoms with Crippen LogP contribution in [0.2, 0.25) is 10.0 Å². The minimum atomic E-state index is -4.13. The summed E-state index contributed by atoms with van der Waals surface area (Å²) in [6.07, 6.45) is 0.930. The maximum Gasteiger partial charge on any atom is 0.263 e. The summed E-state index contributed by atoms with van der Waals surface area (Å²) in [4.78, 5) is 10.1. The Morgan fingerprint density at radius 3 is 2.27 bits per heavy atom. The van der Waals surface area contributed by atoms with E-state index in [0.29, 0.717) is 5.02 Å². The maximum absolute atomic E-state index is 12.0. The number of rotatable bonds is 7. The van der Waals surface area contributed by atoms with Gasteiger partial charge in [0.1, 0.15) is 5.75 Å². The van der Waals surface area contributed by atoms with E-state index >= 15 is 0 Å². The fourth-order valence-corrected chi connectivity index (χ4v) is 3.63. The lowest BCUT2D eigenvalue weighted by Gasteiger charge is -2.14. The molecule has 12 heteroatoms. The molecule has 0 aliphatic heterocycles. The second-order valence-corrected chi connectivity index (χ2v) is 9.25. The van der Waals surface area contributed by atoms with Gasteiger partial charge in [-0.15, -0.1) is 0 Å². The molecular weight excluding hydrogens is 427 g/mol. The predicted octanol–water partition coefficient (Wildman–Crippen LogP) is 2.59. The molecule has 26 heavy (non-hydrogen) atoms. The van der Waals surface area contributed by atoms with Gasteiger partial charge in [-0.05, 0) is 30.3 Å². The Kier molecular flexibility index (Phi) is 6.02. The zero-order valence-electron chi connectivity index (χ0n) is 13.1. The van der Waals surface area contributed by atoms with E-state index < -0.39 is 20.0 Å². The standard InChI is InChI=1S/C14H12Cl2N2O6S2/c1-25(20,21)18-12-4-3-10(26(22,23)17-8-19)7-14(12)24-13-5-2-9(15)6-11(13)16/h2-8,18H,1H3,(H,17,19). The van der Waals surface area contributed by atoms with Crippen molar-refractivity contribution >= 4 is 55.3 Å². The highest BCUT2D eigenvalue weighted by atomic mass is 35.5. The molecule has 140 valence electrons. The number of hydrogen-bond acceptors (Lipinski definition) is 6. The van der Waals surface area contributed by atoms with Crippen LogP contribution in [0.25, 0.3) is 0 Å². The molecule has 0 spiro atoms. The first-order valence-corrected chi connectivity index (χ1v) is 10.9. The van der Waals surface area contributed by atoms with Crippen LogP contribution in [0.3, 0.4) is 0 Å². The number of halogens is 2. The summed E-state index contributed by atoms with van der Waals surface area (Å²) in [5, 5.41) is 0.477. The van der Waals surface area contributed by atoms with Gasteiger partial charge in [-0.3, -0.25) is 14.2 Å². The minimum absolute atomic E-state index is 0.00852. The van der Waals surface area contributed by atoms with Gasteiger partial charge in [0.15, 0.2) is 5.75 Å². The Balaban J connectivity index is 2.55. The molecule has 0 bridgehead atoms. The van der Waals surface area contributed by atoms with Crippen molar-refractivity contribution in [3.8, 4) is 11.5 Å². The Labute approximate surface area is 160 Å². The van der Waals surface area contributed by atoms with Crippen LogP contribution >= 0.6 is 23.2 Å². The number of amides is 1. The molecule has 0 aliphatic carbocycles. The molecule has 0 radical (unpaired) electrons. The van der Waals surface area contributed by atoms with Crippen molar-refractivity contribution in [1.29, 1.82) is 0 Å². The Morgan fingerprint density at radius 2 is 1.69 bits per heavy atom. The number of carbonyl (C=O) groups excluding carboxylic acids is 1. The van der Waals surface area contributed by atoms with Crippen molar-refractivity contribution in [3.05, 3.63) is 46.4 Å². The Morgan fingerprint density at radius 1 is 1.00 bits per heavy atom. The normalized spacial score (nSPS) is 11.7. The summed E-state index contributed by atoms with van der Waals surface area (Å²) in [7, 11) is -7.80. The van der Waals surface area contributed by atoms with Crippen molar-refractivity contribution in [3.63, 3.8) is 0 Å². The van der Waals surface area contributed by atoms with Crippen LogP contribution in [0.5, 0.6) is 11.5 Å². The summed E-state index contributed by atoms with van der Waals surface area (Å²) in [5.41, 5.74) is -0.0245. The van der Waals surface area contributed by atoms with Crippen molar-refractivity contribution in [2.24, 2.45) is 0 Å². The van der Waals surface area contributed by atoms with E-state index in [-0.39, 0.29) is 33.5 Å². The van der Waals surface area contributed by atoms with Gasteiger partial charge in [0.2, 0.25) is 16.4 Å². The monoisotopic (exact) mass is 438 g/mol. The highest BCUT2D eigenvalue weighted by Gasteiger charge is 2.18. The second-order valence-electron chi connectivity index (χ2n) is 4.95. The topological polar surface area (TPSA) is 119 Å². The molecule has 8 nitrogen and oxygen atoms in total. The van der Waals surface area contributed by atoms with Crippen LogP contribution < -0.4 is 14.2 Å². The first kappa shape index (κ1) is 20.3. The number of benzene rings is 2.